The maximum Gasteiger partial charge on any atom is 0.306 e. The van der Waals surface area contributed by atoms with E-state index in [4.69, 9.17) is 18.5 Å². The smallest absolute Gasteiger partial charge is 0.306 e. The van der Waals surface area contributed by atoms with Crippen LogP contribution in [-0.2, 0) is 32.7 Å². The molecule has 0 aliphatic carbocycles. The minimum atomic E-state index is -4.66. The number of likely N-dealkylation sites (N-methyl/N-ethyl adjacent to an activating group) is 1. The van der Waals surface area contributed by atoms with E-state index in [0.29, 0.717) is 17.4 Å². The van der Waals surface area contributed by atoms with E-state index in [2.05, 4.69) is 86.8 Å². The van der Waals surface area contributed by atoms with Crippen molar-refractivity contribution in [1.29, 1.82) is 0 Å². The number of carbonyl (C=O) groups excluding carboxylic acids is 2. The molecule has 0 aromatic carbocycles. The summed E-state index contributed by atoms with van der Waals surface area (Å²) in [7, 11) is 1.11. The van der Waals surface area contributed by atoms with E-state index in [1.165, 1.54) is 116 Å². The summed E-state index contributed by atoms with van der Waals surface area (Å²) in [6.45, 7) is 4.03. The number of nitrogens with zero attached hydrogens (tertiary/aromatic N) is 1. The molecule has 0 rings (SSSR count). The summed E-state index contributed by atoms with van der Waals surface area (Å²) in [5.41, 5.74) is 0. The van der Waals surface area contributed by atoms with E-state index in [0.717, 1.165) is 57.8 Å². The third-order valence-electron chi connectivity index (χ3n) is 10.9. The predicted octanol–water partition coefficient (Wildman–Crippen LogP) is 15.3. The number of phosphoric ester groups is 1. The van der Waals surface area contributed by atoms with Gasteiger partial charge in [-0.1, -0.05) is 202 Å². The zero-order valence-electron chi connectivity index (χ0n) is 42.9. The van der Waals surface area contributed by atoms with Gasteiger partial charge in [-0.2, -0.15) is 0 Å². The van der Waals surface area contributed by atoms with Crippen molar-refractivity contribution >= 4 is 19.8 Å². The monoisotopic (exact) mass is 944 g/mol. The summed E-state index contributed by atoms with van der Waals surface area (Å²) in [6, 6.07) is 0. The minimum absolute atomic E-state index is 0.0482. The molecule has 0 aliphatic rings. The van der Waals surface area contributed by atoms with Gasteiger partial charge in [0.2, 0.25) is 0 Å². The number of hydrogen-bond acceptors (Lipinski definition) is 8. The van der Waals surface area contributed by atoms with Crippen LogP contribution in [0, 0.1) is 0 Å². The lowest BCUT2D eigenvalue weighted by atomic mass is 10.0. The van der Waals surface area contributed by atoms with Gasteiger partial charge in [0, 0.05) is 12.8 Å². The SMILES string of the molecule is CC/C=C\C/C=C\C/C=C\C/C=C\C/C=C\C/C=C\CCC(=O)OC(COC(=O)CCCCCCCCCCCCC/C=C\CCCCCCCCCC)COP(=O)([O-])OCC[N+](C)(C)C. The van der Waals surface area contributed by atoms with Gasteiger partial charge in [-0.05, 0) is 77.0 Å². The van der Waals surface area contributed by atoms with Crippen LogP contribution in [0.5, 0.6) is 0 Å². The number of quaternary nitrogens is 1. The molecule has 9 nitrogen and oxygen atoms in total. The summed E-state index contributed by atoms with van der Waals surface area (Å²) in [5.74, 6) is -0.935. The zero-order valence-corrected chi connectivity index (χ0v) is 43.8. The first-order valence-electron chi connectivity index (χ1n) is 26.3. The van der Waals surface area contributed by atoms with Crippen LogP contribution in [0.15, 0.2) is 85.1 Å². The van der Waals surface area contributed by atoms with E-state index < -0.39 is 32.5 Å². The van der Waals surface area contributed by atoms with E-state index in [1.807, 2.05) is 33.3 Å². The second-order valence-electron chi connectivity index (χ2n) is 18.5. The quantitative estimate of drug-likeness (QED) is 0.0195. The lowest BCUT2D eigenvalue weighted by Gasteiger charge is -2.28. The zero-order chi connectivity index (χ0) is 48.5. The fourth-order valence-corrected chi connectivity index (χ4v) is 7.58. The van der Waals surface area contributed by atoms with Crippen LogP contribution in [0.2, 0.25) is 0 Å². The van der Waals surface area contributed by atoms with E-state index in [-0.39, 0.29) is 26.1 Å². The van der Waals surface area contributed by atoms with Crippen molar-refractivity contribution in [2.45, 2.75) is 213 Å². The average molecular weight is 944 g/mol. The van der Waals surface area contributed by atoms with E-state index in [1.54, 1.807) is 0 Å². The first-order chi connectivity index (χ1) is 32.0. The molecule has 0 spiro atoms. The molecule has 0 saturated carbocycles. The van der Waals surface area contributed by atoms with Crippen LogP contribution < -0.4 is 4.89 Å². The molecule has 0 aliphatic heterocycles. The van der Waals surface area contributed by atoms with Crippen LogP contribution in [0.1, 0.15) is 206 Å². The number of carbonyl (C=O) groups is 2. The number of phosphoric acid groups is 1. The largest absolute Gasteiger partial charge is 0.756 e. The highest BCUT2D eigenvalue weighted by Gasteiger charge is 2.21. The molecule has 0 aromatic rings. The molecule has 0 amide bonds. The molecule has 0 bridgehead atoms. The van der Waals surface area contributed by atoms with Crippen molar-refractivity contribution in [2.24, 2.45) is 0 Å². The molecule has 380 valence electrons. The molecule has 0 radical (unpaired) electrons. The number of esters is 2. The normalized spacial score (nSPS) is 14.1. The molecule has 2 unspecified atom stereocenters. The van der Waals surface area contributed by atoms with Gasteiger partial charge in [0.25, 0.3) is 7.82 Å². The first-order valence-corrected chi connectivity index (χ1v) is 27.8. The Balaban J connectivity index is 4.33. The number of allylic oxidation sites excluding steroid dienone is 14. The fourth-order valence-electron chi connectivity index (χ4n) is 6.85. The highest BCUT2D eigenvalue weighted by Crippen LogP contribution is 2.38. The van der Waals surface area contributed by atoms with Crippen LogP contribution in [0.3, 0.4) is 0 Å². The lowest BCUT2D eigenvalue weighted by molar-refractivity contribution is -0.870. The maximum absolute atomic E-state index is 12.7. The molecule has 0 aromatic heterocycles. The van der Waals surface area contributed by atoms with Gasteiger partial charge in [0.1, 0.15) is 19.8 Å². The van der Waals surface area contributed by atoms with Gasteiger partial charge in [-0.15, -0.1) is 0 Å². The number of hydrogen-bond donors (Lipinski definition) is 0. The Bertz CT molecular complexity index is 1390. The lowest BCUT2D eigenvalue weighted by Crippen LogP contribution is -2.37. The fraction of sp³-hybridized carbons (Fsp3) is 0.714. The molecule has 0 N–H and O–H groups in total. The van der Waals surface area contributed by atoms with Gasteiger partial charge in [-0.25, -0.2) is 0 Å². The Hall–Kier alpha value is -2.81. The Morgan fingerprint density at radius 3 is 1.35 bits per heavy atom. The second-order valence-corrected chi connectivity index (χ2v) is 19.9. The molecule has 10 heteroatoms. The summed E-state index contributed by atoms with van der Waals surface area (Å²) in [5, 5.41) is 0. The second kappa shape index (κ2) is 47.3. The first kappa shape index (κ1) is 63.2. The molecular formula is C56H98NO8P. The molecule has 0 saturated heterocycles. The Kier molecular flexibility index (Phi) is 45.3. The molecule has 0 heterocycles. The average Bonchev–Trinajstić information content (AvgIpc) is 3.27. The Labute approximate surface area is 405 Å². The standard InChI is InChI=1S/C56H98NO8P/c1-6-8-10-12-14-16-18-20-22-24-26-27-28-29-31-32-34-36-38-40-42-44-46-48-55(58)62-52-54(53-64-66(60,61)63-51-50-57(3,4)5)65-56(59)49-47-45-43-41-39-37-35-33-30-25-23-21-19-17-15-13-11-9-7-2/h9,11,15,17,21,23-24,26,30,33,37,39,43,45,54H,6-8,10,12-14,16,18-20,22,25,27-29,31-32,34-36,38,40-42,44,46-53H2,1-5H3/b11-9-,17-15-,23-21-,26-24-,33-30-,39-37-,45-43-. The number of unbranched alkanes of at least 4 members (excludes halogenated alkanes) is 19. The van der Waals surface area contributed by atoms with Gasteiger partial charge < -0.3 is 27.9 Å². The third-order valence-corrected chi connectivity index (χ3v) is 11.9. The van der Waals surface area contributed by atoms with Gasteiger partial charge >= 0.3 is 11.9 Å². The van der Waals surface area contributed by atoms with Crippen molar-refractivity contribution in [3.63, 3.8) is 0 Å². The number of rotatable bonds is 47. The highest BCUT2D eigenvalue weighted by molar-refractivity contribution is 7.45. The van der Waals surface area contributed by atoms with Crippen LogP contribution in [0.25, 0.3) is 0 Å². The van der Waals surface area contributed by atoms with Crippen molar-refractivity contribution in [1.82, 2.24) is 0 Å². The summed E-state index contributed by atoms with van der Waals surface area (Å²) in [6.07, 6.45) is 62.1. The molecular weight excluding hydrogens is 846 g/mol. The van der Waals surface area contributed by atoms with Crippen LogP contribution in [0.4, 0.5) is 0 Å². The van der Waals surface area contributed by atoms with Gasteiger partial charge in [0.05, 0.1) is 27.7 Å². The van der Waals surface area contributed by atoms with Crippen molar-refractivity contribution in [3.8, 4) is 0 Å². The summed E-state index contributed by atoms with van der Waals surface area (Å²) >= 11 is 0. The minimum Gasteiger partial charge on any atom is -0.756 e. The summed E-state index contributed by atoms with van der Waals surface area (Å²) < 4.78 is 34.0. The molecule has 66 heavy (non-hydrogen) atoms. The van der Waals surface area contributed by atoms with Crippen molar-refractivity contribution < 1.29 is 42.1 Å². The molecule has 2 atom stereocenters. The van der Waals surface area contributed by atoms with Crippen LogP contribution in [-0.4, -0.2) is 70.0 Å². The van der Waals surface area contributed by atoms with Crippen molar-refractivity contribution in [3.05, 3.63) is 85.1 Å². The van der Waals surface area contributed by atoms with Gasteiger partial charge in [-0.3, -0.25) is 14.2 Å². The highest BCUT2D eigenvalue weighted by atomic mass is 31.2. The van der Waals surface area contributed by atoms with Crippen molar-refractivity contribution in [2.75, 3.05) is 47.5 Å². The van der Waals surface area contributed by atoms with E-state index >= 15 is 0 Å². The Morgan fingerprint density at radius 2 is 0.894 bits per heavy atom. The predicted molar refractivity (Wildman–Crippen MR) is 277 cm³/mol. The van der Waals surface area contributed by atoms with Crippen LogP contribution >= 0.6 is 7.82 Å². The maximum atomic E-state index is 12.7. The molecule has 0 fully saturated rings. The topological polar surface area (TPSA) is 111 Å². The third kappa shape index (κ3) is 50.6. The Morgan fingerprint density at radius 1 is 0.485 bits per heavy atom. The summed E-state index contributed by atoms with van der Waals surface area (Å²) in [4.78, 5) is 37.7. The van der Waals surface area contributed by atoms with Gasteiger partial charge in [0.15, 0.2) is 6.10 Å². The van der Waals surface area contributed by atoms with E-state index in [9.17, 15) is 19.0 Å². The number of ether oxygens (including phenoxy) is 2.